The molecule has 1 rings (SSSR count). The van der Waals surface area contributed by atoms with Crippen molar-refractivity contribution in [2.75, 3.05) is 0 Å². The first-order valence-electron chi connectivity index (χ1n) is 6.78. The molecule has 0 aliphatic carbocycles. The largest absolute Gasteiger partial charge is 0.481 e. The molecule has 1 amide bonds. The Bertz CT molecular complexity index is 530. The Morgan fingerprint density at radius 1 is 1.50 bits per heavy atom. The molecule has 0 heterocycles. The first kappa shape index (κ1) is 16.0. The van der Waals surface area contributed by atoms with Crippen LogP contribution in [0.15, 0.2) is 18.2 Å². The van der Waals surface area contributed by atoms with E-state index in [1.807, 2.05) is 33.8 Å². The molecular formula is C16H22N2O2. The molecule has 0 bridgehead atoms. The van der Waals surface area contributed by atoms with Gasteiger partial charge >= 0.3 is 0 Å². The van der Waals surface area contributed by atoms with Crippen LogP contribution in [0, 0.1) is 18.3 Å². The molecule has 0 aromatic heterocycles. The van der Waals surface area contributed by atoms with Gasteiger partial charge in [-0.3, -0.25) is 4.79 Å². The first-order chi connectivity index (χ1) is 9.29. The quantitative estimate of drug-likeness (QED) is 0.898. The van der Waals surface area contributed by atoms with Gasteiger partial charge in [-0.2, -0.15) is 5.26 Å². The smallest absolute Gasteiger partial charge is 0.261 e. The van der Waals surface area contributed by atoms with E-state index in [-0.39, 0.29) is 11.4 Å². The Balaban J connectivity index is 2.78. The predicted molar refractivity (Wildman–Crippen MR) is 78.5 cm³/mol. The summed E-state index contributed by atoms with van der Waals surface area (Å²) < 4.78 is 5.68. The van der Waals surface area contributed by atoms with Crippen molar-refractivity contribution >= 4 is 5.91 Å². The topological polar surface area (TPSA) is 62.1 Å². The van der Waals surface area contributed by atoms with Crippen molar-refractivity contribution in [1.82, 2.24) is 5.32 Å². The monoisotopic (exact) mass is 274 g/mol. The number of carbonyl (C=O) groups excluding carboxylic acids is 1. The van der Waals surface area contributed by atoms with Crippen LogP contribution in [0.5, 0.6) is 5.75 Å². The SMILES string of the molecule is CCC(C)(C)NC(=O)C(C)Oc1cc(C#N)ccc1C. The fourth-order valence-corrected chi connectivity index (χ4v) is 1.56. The number of carbonyl (C=O) groups is 1. The van der Waals surface area contributed by atoms with Gasteiger partial charge in [0.1, 0.15) is 5.75 Å². The van der Waals surface area contributed by atoms with E-state index in [2.05, 4.69) is 11.4 Å². The molecule has 1 unspecified atom stereocenters. The molecule has 0 fully saturated rings. The van der Waals surface area contributed by atoms with E-state index in [1.54, 1.807) is 19.1 Å². The number of amides is 1. The van der Waals surface area contributed by atoms with Gasteiger partial charge < -0.3 is 10.1 Å². The van der Waals surface area contributed by atoms with Crippen molar-refractivity contribution in [2.45, 2.75) is 52.7 Å². The molecule has 0 saturated heterocycles. The number of aryl methyl sites for hydroxylation is 1. The highest BCUT2D eigenvalue weighted by Gasteiger charge is 2.23. The lowest BCUT2D eigenvalue weighted by Crippen LogP contribution is -2.48. The summed E-state index contributed by atoms with van der Waals surface area (Å²) in [6.07, 6.45) is 0.238. The summed E-state index contributed by atoms with van der Waals surface area (Å²) in [5, 5.41) is 11.8. The maximum absolute atomic E-state index is 12.1. The molecule has 1 aromatic carbocycles. The van der Waals surface area contributed by atoms with E-state index in [0.717, 1.165) is 12.0 Å². The van der Waals surface area contributed by atoms with Gasteiger partial charge in [-0.25, -0.2) is 0 Å². The molecule has 20 heavy (non-hydrogen) atoms. The van der Waals surface area contributed by atoms with Crippen LogP contribution < -0.4 is 10.1 Å². The van der Waals surface area contributed by atoms with Gasteiger partial charge in [-0.05, 0) is 51.8 Å². The molecule has 4 nitrogen and oxygen atoms in total. The average molecular weight is 274 g/mol. The maximum atomic E-state index is 12.1. The molecule has 1 aromatic rings. The molecule has 0 saturated carbocycles. The van der Waals surface area contributed by atoms with Gasteiger partial charge in [0.25, 0.3) is 5.91 Å². The molecule has 1 N–H and O–H groups in total. The number of nitrogens with one attached hydrogen (secondary N) is 1. The summed E-state index contributed by atoms with van der Waals surface area (Å²) in [5.74, 6) is 0.416. The minimum absolute atomic E-state index is 0.154. The Morgan fingerprint density at radius 3 is 2.70 bits per heavy atom. The zero-order valence-corrected chi connectivity index (χ0v) is 12.8. The van der Waals surface area contributed by atoms with E-state index in [4.69, 9.17) is 10.00 Å². The van der Waals surface area contributed by atoms with Gasteiger partial charge in [-0.15, -0.1) is 0 Å². The van der Waals surface area contributed by atoms with Crippen LogP contribution in [0.3, 0.4) is 0 Å². The van der Waals surface area contributed by atoms with E-state index in [0.29, 0.717) is 11.3 Å². The van der Waals surface area contributed by atoms with Crippen LogP contribution >= 0.6 is 0 Å². The highest BCUT2D eigenvalue weighted by molar-refractivity contribution is 5.81. The van der Waals surface area contributed by atoms with E-state index in [1.165, 1.54) is 0 Å². The summed E-state index contributed by atoms with van der Waals surface area (Å²) in [6.45, 7) is 9.56. The van der Waals surface area contributed by atoms with Crippen LogP contribution in [-0.4, -0.2) is 17.6 Å². The van der Waals surface area contributed by atoms with Gasteiger partial charge in [0.05, 0.1) is 11.6 Å². The minimum atomic E-state index is -0.603. The van der Waals surface area contributed by atoms with Crippen molar-refractivity contribution < 1.29 is 9.53 Å². The maximum Gasteiger partial charge on any atom is 0.261 e. The fourth-order valence-electron chi connectivity index (χ4n) is 1.56. The Hall–Kier alpha value is -2.02. The van der Waals surface area contributed by atoms with E-state index < -0.39 is 6.10 Å². The number of hydrogen-bond acceptors (Lipinski definition) is 3. The van der Waals surface area contributed by atoms with Crippen molar-refractivity contribution in [2.24, 2.45) is 0 Å². The number of rotatable bonds is 5. The molecular weight excluding hydrogens is 252 g/mol. The second-order valence-electron chi connectivity index (χ2n) is 5.58. The van der Waals surface area contributed by atoms with Gasteiger partial charge in [0.2, 0.25) is 0 Å². The Morgan fingerprint density at radius 2 is 2.15 bits per heavy atom. The van der Waals surface area contributed by atoms with Crippen LogP contribution in [0.1, 0.15) is 45.2 Å². The zero-order valence-electron chi connectivity index (χ0n) is 12.8. The summed E-state index contributed by atoms with van der Waals surface area (Å²) in [7, 11) is 0. The third-order valence-corrected chi connectivity index (χ3v) is 3.34. The van der Waals surface area contributed by atoms with E-state index >= 15 is 0 Å². The number of benzene rings is 1. The minimum Gasteiger partial charge on any atom is -0.481 e. The Labute approximate surface area is 120 Å². The summed E-state index contributed by atoms with van der Waals surface area (Å²) in [5.41, 5.74) is 1.17. The summed E-state index contributed by atoms with van der Waals surface area (Å²) in [4.78, 5) is 12.1. The van der Waals surface area contributed by atoms with Gasteiger partial charge in [-0.1, -0.05) is 13.0 Å². The van der Waals surface area contributed by atoms with E-state index in [9.17, 15) is 4.79 Å². The van der Waals surface area contributed by atoms with Crippen LogP contribution in [-0.2, 0) is 4.79 Å². The molecule has 0 aliphatic heterocycles. The first-order valence-corrected chi connectivity index (χ1v) is 6.78. The van der Waals surface area contributed by atoms with Gasteiger partial charge in [0, 0.05) is 5.54 Å². The van der Waals surface area contributed by atoms with Crippen molar-refractivity contribution in [3.05, 3.63) is 29.3 Å². The standard InChI is InChI=1S/C16H22N2O2/c1-6-16(4,5)18-15(19)12(3)20-14-9-13(10-17)8-7-11(14)2/h7-9,12H,6H2,1-5H3,(H,18,19). The normalized spacial score (nSPS) is 12.4. The summed E-state index contributed by atoms with van der Waals surface area (Å²) >= 11 is 0. The molecule has 108 valence electrons. The molecule has 0 spiro atoms. The third-order valence-electron chi connectivity index (χ3n) is 3.34. The second kappa shape index (κ2) is 6.42. The molecule has 0 aliphatic rings. The zero-order chi connectivity index (χ0) is 15.3. The number of nitrogens with zero attached hydrogens (tertiary/aromatic N) is 1. The highest BCUT2D eigenvalue weighted by atomic mass is 16.5. The Kier molecular flexibility index (Phi) is 5.15. The highest BCUT2D eigenvalue weighted by Crippen LogP contribution is 2.21. The van der Waals surface area contributed by atoms with Crippen LogP contribution in [0.25, 0.3) is 0 Å². The lowest BCUT2D eigenvalue weighted by atomic mass is 10.0. The van der Waals surface area contributed by atoms with Crippen molar-refractivity contribution in [1.29, 1.82) is 5.26 Å². The lowest BCUT2D eigenvalue weighted by molar-refractivity contribution is -0.129. The van der Waals surface area contributed by atoms with Crippen LogP contribution in [0.2, 0.25) is 0 Å². The second-order valence-corrected chi connectivity index (χ2v) is 5.58. The van der Waals surface area contributed by atoms with Gasteiger partial charge in [0.15, 0.2) is 6.10 Å². The number of nitriles is 1. The molecule has 4 heteroatoms. The fraction of sp³-hybridized carbons (Fsp3) is 0.500. The number of hydrogen-bond donors (Lipinski definition) is 1. The molecule has 1 atom stereocenters. The molecule has 0 radical (unpaired) electrons. The number of ether oxygens (including phenoxy) is 1. The average Bonchev–Trinajstić information content (AvgIpc) is 2.40. The third kappa shape index (κ3) is 4.27. The lowest BCUT2D eigenvalue weighted by Gasteiger charge is -2.26. The van der Waals surface area contributed by atoms with Crippen molar-refractivity contribution in [3.8, 4) is 11.8 Å². The van der Waals surface area contributed by atoms with Crippen molar-refractivity contribution in [3.63, 3.8) is 0 Å². The predicted octanol–water partition coefficient (Wildman–Crippen LogP) is 2.94. The van der Waals surface area contributed by atoms with Crippen LogP contribution in [0.4, 0.5) is 0 Å². The summed E-state index contributed by atoms with van der Waals surface area (Å²) in [6, 6.07) is 7.26.